The predicted octanol–water partition coefficient (Wildman–Crippen LogP) is 3.70. The van der Waals surface area contributed by atoms with Gasteiger partial charge in [0, 0.05) is 31.9 Å². The van der Waals surface area contributed by atoms with Crippen molar-refractivity contribution in [1.29, 1.82) is 0 Å². The molecular formula is C19H26N2O3. The van der Waals surface area contributed by atoms with E-state index in [1.54, 1.807) is 23.4 Å². The number of hydrogen-bond donors (Lipinski definition) is 0. The molecule has 5 heteroatoms. The Bertz CT molecular complexity index is 582. The maximum atomic E-state index is 12.1. The molecule has 0 radical (unpaired) electrons. The van der Waals surface area contributed by atoms with Crippen LogP contribution in [0.5, 0.6) is 0 Å². The van der Waals surface area contributed by atoms with Crippen molar-refractivity contribution in [2.45, 2.75) is 45.6 Å². The fraction of sp³-hybridized carbons (Fsp3) is 0.526. The van der Waals surface area contributed by atoms with Gasteiger partial charge in [0.2, 0.25) is 0 Å². The van der Waals surface area contributed by atoms with Gasteiger partial charge in [0.25, 0.3) is 0 Å². The molecule has 0 aromatic carbocycles. The molecule has 1 aliphatic rings. The predicted molar refractivity (Wildman–Crippen MR) is 93.4 cm³/mol. The highest BCUT2D eigenvalue weighted by Crippen LogP contribution is 2.22. The van der Waals surface area contributed by atoms with Crippen molar-refractivity contribution in [3.63, 3.8) is 0 Å². The van der Waals surface area contributed by atoms with Gasteiger partial charge in [-0.15, -0.1) is 0 Å². The van der Waals surface area contributed by atoms with Gasteiger partial charge in [0.15, 0.2) is 5.78 Å². The molecule has 1 aromatic rings. The summed E-state index contributed by atoms with van der Waals surface area (Å²) in [6, 6.07) is 3.73. The number of allylic oxidation sites excluding steroid dienone is 1. The van der Waals surface area contributed by atoms with Crippen LogP contribution in [0.3, 0.4) is 0 Å². The number of ketones is 1. The van der Waals surface area contributed by atoms with Crippen LogP contribution in [-0.4, -0.2) is 40.5 Å². The average Bonchev–Trinajstić information content (AvgIpc) is 2.53. The number of piperidine rings is 1. The zero-order valence-electron chi connectivity index (χ0n) is 14.7. The van der Waals surface area contributed by atoms with Crippen LogP contribution in [0.25, 0.3) is 6.08 Å². The van der Waals surface area contributed by atoms with Crippen molar-refractivity contribution >= 4 is 18.0 Å². The second-order valence-electron chi connectivity index (χ2n) is 7.20. The highest BCUT2D eigenvalue weighted by Gasteiger charge is 2.27. The SMILES string of the molecule is CC(C)(C)OC(=O)N1CCC(CC(=O)C=Cc2ccncc2)CC1. The van der Waals surface area contributed by atoms with E-state index in [0.717, 1.165) is 18.4 Å². The van der Waals surface area contributed by atoms with Crippen molar-refractivity contribution in [1.82, 2.24) is 9.88 Å². The van der Waals surface area contributed by atoms with Crippen molar-refractivity contribution in [3.8, 4) is 0 Å². The number of ether oxygens (including phenoxy) is 1. The van der Waals surface area contributed by atoms with Gasteiger partial charge in [-0.05, 0) is 63.3 Å². The van der Waals surface area contributed by atoms with Gasteiger partial charge >= 0.3 is 6.09 Å². The number of aromatic nitrogens is 1. The summed E-state index contributed by atoms with van der Waals surface area (Å²) in [5.41, 5.74) is 0.500. The zero-order chi connectivity index (χ0) is 17.6. The first kappa shape index (κ1) is 18.2. The Morgan fingerprint density at radius 1 is 1.25 bits per heavy atom. The summed E-state index contributed by atoms with van der Waals surface area (Å²) in [6.45, 7) is 6.91. The molecule has 24 heavy (non-hydrogen) atoms. The van der Waals surface area contributed by atoms with E-state index in [1.165, 1.54) is 0 Å². The summed E-state index contributed by atoms with van der Waals surface area (Å²) in [7, 11) is 0. The van der Waals surface area contributed by atoms with E-state index in [1.807, 2.05) is 39.0 Å². The van der Waals surface area contributed by atoms with Crippen LogP contribution in [0.1, 0.15) is 45.6 Å². The van der Waals surface area contributed by atoms with Crippen molar-refractivity contribution in [2.24, 2.45) is 5.92 Å². The summed E-state index contributed by atoms with van der Waals surface area (Å²) in [6.07, 6.45) is 8.82. The van der Waals surface area contributed by atoms with Gasteiger partial charge in [-0.25, -0.2) is 4.79 Å². The molecule has 1 aliphatic heterocycles. The molecule has 0 aliphatic carbocycles. The number of carbonyl (C=O) groups excluding carboxylic acids is 2. The van der Waals surface area contributed by atoms with E-state index in [4.69, 9.17) is 4.74 Å². The first-order chi connectivity index (χ1) is 11.3. The van der Waals surface area contributed by atoms with E-state index < -0.39 is 5.60 Å². The van der Waals surface area contributed by atoms with Gasteiger partial charge in [-0.3, -0.25) is 9.78 Å². The third-order valence-corrected chi connectivity index (χ3v) is 3.92. The normalized spacial score (nSPS) is 16.4. The molecule has 0 N–H and O–H groups in total. The van der Waals surface area contributed by atoms with Crippen LogP contribution in [0.15, 0.2) is 30.6 Å². The summed E-state index contributed by atoms with van der Waals surface area (Å²) >= 11 is 0. The van der Waals surface area contributed by atoms with Gasteiger partial charge in [0.05, 0.1) is 0 Å². The minimum Gasteiger partial charge on any atom is -0.444 e. The van der Waals surface area contributed by atoms with Gasteiger partial charge in [0.1, 0.15) is 5.60 Å². The molecule has 1 amide bonds. The molecule has 1 aromatic heterocycles. The third kappa shape index (κ3) is 6.14. The Kier molecular flexibility index (Phi) is 6.12. The summed E-state index contributed by atoms with van der Waals surface area (Å²) in [5.74, 6) is 0.459. The highest BCUT2D eigenvalue weighted by molar-refractivity contribution is 5.93. The molecule has 130 valence electrons. The lowest BCUT2D eigenvalue weighted by molar-refractivity contribution is -0.115. The molecule has 0 atom stereocenters. The van der Waals surface area contributed by atoms with Gasteiger partial charge in [-0.2, -0.15) is 0 Å². The molecule has 0 saturated carbocycles. The zero-order valence-corrected chi connectivity index (χ0v) is 14.7. The van der Waals surface area contributed by atoms with Gasteiger partial charge in [-0.1, -0.05) is 6.08 Å². The number of rotatable bonds is 4. The number of pyridine rings is 1. The van der Waals surface area contributed by atoms with Crippen LogP contribution >= 0.6 is 0 Å². The first-order valence-electron chi connectivity index (χ1n) is 8.42. The minimum atomic E-state index is -0.471. The Hall–Kier alpha value is -2.17. The van der Waals surface area contributed by atoms with E-state index >= 15 is 0 Å². The molecule has 1 saturated heterocycles. The minimum absolute atomic E-state index is 0.127. The van der Waals surface area contributed by atoms with Crippen LogP contribution in [0.2, 0.25) is 0 Å². The lowest BCUT2D eigenvalue weighted by atomic mass is 9.91. The standard InChI is InChI=1S/C19H26N2O3/c1-19(2,3)24-18(23)21-12-8-16(9-13-21)14-17(22)5-4-15-6-10-20-11-7-15/h4-7,10-11,16H,8-9,12-14H2,1-3H3. The van der Waals surface area contributed by atoms with E-state index in [9.17, 15) is 9.59 Å². The molecule has 2 rings (SSSR count). The van der Waals surface area contributed by atoms with Crippen molar-refractivity contribution < 1.29 is 14.3 Å². The number of likely N-dealkylation sites (tertiary alicyclic amines) is 1. The molecule has 1 fully saturated rings. The third-order valence-electron chi connectivity index (χ3n) is 3.92. The van der Waals surface area contributed by atoms with Gasteiger partial charge < -0.3 is 9.64 Å². The number of amides is 1. The second-order valence-corrected chi connectivity index (χ2v) is 7.20. The van der Waals surface area contributed by atoms with Crippen LogP contribution < -0.4 is 0 Å². The summed E-state index contributed by atoms with van der Waals surface area (Å²) < 4.78 is 5.38. The molecule has 5 nitrogen and oxygen atoms in total. The van der Waals surface area contributed by atoms with Crippen molar-refractivity contribution in [3.05, 3.63) is 36.2 Å². The van der Waals surface area contributed by atoms with E-state index in [2.05, 4.69) is 4.98 Å². The number of hydrogen-bond acceptors (Lipinski definition) is 4. The van der Waals surface area contributed by atoms with Crippen LogP contribution in [-0.2, 0) is 9.53 Å². The number of carbonyl (C=O) groups is 2. The smallest absolute Gasteiger partial charge is 0.410 e. The Morgan fingerprint density at radius 2 is 1.88 bits per heavy atom. The maximum Gasteiger partial charge on any atom is 0.410 e. The quantitative estimate of drug-likeness (QED) is 0.790. The fourth-order valence-corrected chi connectivity index (χ4v) is 2.66. The topological polar surface area (TPSA) is 59.5 Å². The lowest BCUT2D eigenvalue weighted by Crippen LogP contribution is -2.41. The summed E-state index contributed by atoms with van der Waals surface area (Å²) in [4.78, 5) is 29.8. The monoisotopic (exact) mass is 330 g/mol. The summed E-state index contributed by atoms with van der Waals surface area (Å²) in [5, 5.41) is 0. The van der Waals surface area contributed by atoms with Crippen molar-refractivity contribution in [2.75, 3.05) is 13.1 Å². The second kappa shape index (κ2) is 8.08. The Balaban J connectivity index is 1.75. The van der Waals surface area contributed by atoms with E-state index in [0.29, 0.717) is 25.4 Å². The molecule has 0 spiro atoms. The molecule has 2 heterocycles. The van der Waals surface area contributed by atoms with Crippen LogP contribution in [0.4, 0.5) is 4.79 Å². The van der Waals surface area contributed by atoms with E-state index in [-0.39, 0.29) is 11.9 Å². The van der Waals surface area contributed by atoms with Crippen LogP contribution in [0, 0.1) is 5.92 Å². The molecular weight excluding hydrogens is 304 g/mol. The lowest BCUT2D eigenvalue weighted by Gasteiger charge is -2.33. The Morgan fingerprint density at radius 3 is 2.46 bits per heavy atom. The molecule has 0 unspecified atom stereocenters. The average molecular weight is 330 g/mol. The Labute approximate surface area is 143 Å². The largest absolute Gasteiger partial charge is 0.444 e. The first-order valence-corrected chi connectivity index (χ1v) is 8.42. The molecule has 0 bridgehead atoms. The maximum absolute atomic E-state index is 12.1. The number of nitrogens with zero attached hydrogens (tertiary/aromatic N) is 2. The fourth-order valence-electron chi connectivity index (χ4n) is 2.66. The highest BCUT2D eigenvalue weighted by atomic mass is 16.6.